The van der Waals surface area contributed by atoms with E-state index in [9.17, 15) is 4.79 Å². The molecule has 1 unspecified atom stereocenters. The molecule has 1 aliphatic heterocycles. The highest BCUT2D eigenvalue weighted by molar-refractivity contribution is 5.77. The number of rotatable bonds is 3. The summed E-state index contributed by atoms with van der Waals surface area (Å²) >= 11 is 0. The van der Waals surface area contributed by atoms with E-state index in [1.54, 1.807) is 0 Å². The molecule has 2 heterocycles. The Morgan fingerprint density at radius 1 is 0.846 bits per heavy atom. The van der Waals surface area contributed by atoms with E-state index in [0.717, 1.165) is 36.0 Å². The van der Waals surface area contributed by atoms with Gasteiger partial charge in [0.2, 0.25) is 0 Å². The average molecular weight is 351 g/mol. The van der Waals surface area contributed by atoms with Crippen LogP contribution in [-0.2, 0) is 0 Å². The Kier molecular flexibility index (Phi) is 4.32. The summed E-state index contributed by atoms with van der Waals surface area (Å²) in [5.41, 5.74) is 1.07. The molecule has 2 aliphatic carbocycles. The number of nitrogens with zero attached hydrogens (tertiary/aromatic N) is 3. The van der Waals surface area contributed by atoms with E-state index >= 15 is 0 Å². The molecule has 1 saturated heterocycles. The van der Waals surface area contributed by atoms with Gasteiger partial charge in [-0.1, -0.05) is 37.8 Å². The van der Waals surface area contributed by atoms with Gasteiger partial charge < -0.3 is 0 Å². The Bertz CT molecular complexity index is 846. The van der Waals surface area contributed by atoms with Gasteiger partial charge in [-0.2, -0.15) is 0 Å². The zero-order valence-electron chi connectivity index (χ0n) is 15.6. The van der Waals surface area contributed by atoms with Crippen LogP contribution in [0.25, 0.3) is 10.9 Å². The second kappa shape index (κ2) is 6.80. The summed E-state index contributed by atoms with van der Waals surface area (Å²) in [6, 6.07) is 9.29. The van der Waals surface area contributed by atoms with Gasteiger partial charge in [0.15, 0.2) is 0 Å². The molecule has 4 nitrogen and oxygen atoms in total. The van der Waals surface area contributed by atoms with Crippen LogP contribution < -0.4 is 5.56 Å². The predicted molar refractivity (Wildman–Crippen MR) is 104 cm³/mol. The predicted octanol–water partition coefficient (Wildman–Crippen LogP) is 4.59. The highest BCUT2D eigenvalue weighted by atomic mass is 16.1. The van der Waals surface area contributed by atoms with Gasteiger partial charge in [0.05, 0.1) is 16.9 Å². The van der Waals surface area contributed by atoms with Crippen LogP contribution in [0.3, 0.4) is 0 Å². The first-order valence-corrected chi connectivity index (χ1v) is 10.6. The quantitative estimate of drug-likeness (QED) is 0.812. The summed E-state index contributed by atoms with van der Waals surface area (Å²) in [7, 11) is 0. The van der Waals surface area contributed by atoms with Crippen LogP contribution in [0.2, 0.25) is 0 Å². The van der Waals surface area contributed by atoms with E-state index < -0.39 is 0 Å². The first kappa shape index (κ1) is 16.5. The molecule has 5 rings (SSSR count). The molecule has 1 atom stereocenters. The van der Waals surface area contributed by atoms with Gasteiger partial charge in [-0.15, -0.1) is 0 Å². The van der Waals surface area contributed by atoms with E-state index in [0.29, 0.717) is 18.1 Å². The summed E-state index contributed by atoms with van der Waals surface area (Å²) in [4.78, 5) is 21.2. The number of para-hydroxylation sites is 1. The molecule has 26 heavy (non-hydrogen) atoms. The third-order valence-corrected chi connectivity index (χ3v) is 6.91. The molecule has 0 amide bonds. The lowest BCUT2D eigenvalue weighted by Gasteiger charge is -2.32. The first-order chi connectivity index (χ1) is 12.8. The van der Waals surface area contributed by atoms with Crippen molar-refractivity contribution < 1.29 is 0 Å². The normalized spacial score (nSPS) is 25.6. The number of hydrogen-bond acceptors (Lipinski definition) is 3. The maximum atomic E-state index is 13.4. The number of aromatic nitrogens is 2. The Morgan fingerprint density at radius 3 is 2.31 bits per heavy atom. The molecule has 3 aliphatic rings. The zero-order chi connectivity index (χ0) is 17.5. The lowest BCUT2D eigenvalue weighted by atomic mass is 10.1. The molecule has 138 valence electrons. The van der Waals surface area contributed by atoms with Crippen molar-refractivity contribution in [3.8, 4) is 0 Å². The van der Waals surface area contributed by atoms with E-state index in [1.165, 1.54) is 51.5 Å². The minimum atomic E-state index is 0.191. The first-order valence-electron chi connectivity index (χ1n) is 10.6. The number of benzene rings is 1. The monoisotopic (exact) mass is 351 g/mol. The Labute approximate surface area is 155 Å². The van der Waals surface area contributed by atoms with E-state index in [4.69, 9.17) is 4.98 Å². The summed E-state index contributed by atoms with van der Waals surface area (Å²) in [5.74, 6) is 1.06. The second-order valence-corrected chi connectivity index (χ2v) is 8.43. The highest BCUT2D eigenvalue weighted by Gasteiger charge is 2.37. The van der Waals surface area contributed by atoms with Gasteiger partial charge in [0, 0.05) is 12.1 Å². The number of likely N-dealkylation sites (tertiary alicyclic amines) is 1. The Balaban J connectivity index is 1.65. The van der Waals surface area contributed by atoms with Crippen molar-refractivity contribution in [2.75, 3.05) is 6.54 Å². The minimum Gasteiger partial charge on any atom is -0.292 e. The van der Waals surface area contributed by atoms with Crippen molar-refractivity contribution >= 4 is 10.9 Å². The summed E-state index contributed by atoms with van der Waals surface area (Å²) < 4.78 is 2.12. The molecule has 1 aromatic carbocycles. The van der Waals surface area contributed by atoms with Crippen LogP contribution in [0.1, 0.15) is 82.1 Å². The number of fused-ring (bicyclic) bond motifs is 1. The van der Waals surface area contributed by atoms with Crippen LogP contribution in [0.5, 0.6) is 0 Å². The standard InChI is InChI=1S/C22H29N3O/c26-22-18-12-5-6-13-19(18)23-21(25(22)17-10-3-4-11-17)20-14-7-15-24(20)16-8-1-2-9-16/h5-6,12-13,16-17,20H,1-4,7-11,14-15H2. The Hall–Kier alpha value is -1.68. The van der Waals surface area contributed by atoms with Gasteiger partial charge in [0.1, 0.15) is 5.82 Å². The fraction of sp³-hybridized carbons (Fsp3) is 0.636. The summed E-state index contributed by atoms with van der Waals surface area (Å²) in [6.45, 7) is 1.17. The molecule has 2 saturated carbocycles. The largest absolute Gasteiger partial charge is 0.292 e. The van der Waals surface area contributed by atoms with Crippen LogP contribution in [-0.4, -0.2) is 27.0 Å². The van der Waals surface area contributed by atoms with Crippen LogP contribution in [0, 0.1) is 0 Å². The van der Waals surface area contributed by atoms with Gasteiger partial charge in [-0.05, 0) is 57.2 Å². The van der Waals surface area contributed by atoms with Crippen molar-refractivity contribution in [3.05, 3.63) is 40.4 Å². The molecule has 0 spiro atoms. The Morgan fingerprint density at radius 2 is 1.54 bits per heavy atom. The maximum Gasteiger partial charge on any atom is 0.261 e. The second-order valence-electron chi connectivity index (χ2n) is 8.43. The molecule has 1 aromatic heterocycles. The van der Waals surface area contributed by atoms with Crippen molar-refractivity contribution in [1.29, 1.82) is 0 Å². The molecular weight excluding hydrogens is 322 g/mol. The van der Waals surface area contributed by atoms with Crippen LogP contribution in [0.15, 0.2) is 29.1 Å². The summed E-state index contributed by atoms with van der Waals surface area (Å²) in [5, 5.41) is 0.786. The minimum absolute atomic E-state index is 0.191. The van der Waals surface area contributed by atoms with Crippen molar-refractivity contribution in [3.63, 3.8) is 0 Å². The molecule has 0 bridgehead atoms. The molecule has 2 aromatic rings. The van der Waals surface area contributed by atoms with Crippen molar-refractivity contribution in [1.82, 2.24) is 14.5 Å². The van der Waals surface area contributed by atoms with Crippen LogP contribution in [0.4, 0.5) is 0 Å². The summed E-state index contributed by atoms with van der Waals surface area (Å²) in [6.07, 6.45) is 12.5. The van der Waals surface area contributed by atoms with E-state index in [-0.39, 0.29) is 5.56 Å². The molecular formula is C22H29N3O. The molecule has 4 heteroatoms. The smallest absolute Gasteiger partial charge is 0.261 e. The highest BCUT2D eigenvalue weighted by Crippen LogP contribution is 2.39. The SMILES string of the molecule is O=c1c2ccccc2nc(C2CCCN2C2CCCC2)n1C1CCCC1. The van der Waals surface area contributed by atoms with Gasteiger partial charge in [0.25, 0.3) is 5.56 Å². The lowest BCUT2D eigenvalue weighted by Crippen LogP contribution is -2.37. The van der Waals surface area contributed by atoms with Crippen molar-refractivity contribution in [2.45, 2.75) is 82.3 Å². The molecule has 0 N–H and O–H groups in total. The maximum absolute atomic E-state index is 13.4. The van der Waals surface area contributed by atoms with Crippen molar-refractivity contribution in [2.24, 2.45) is 0 Å². The third-order valence-electron chi connectivity index (χ3n) is 6.91. The third kappa shape index (κ3) is 2.70. The van der Waals surface area contributed by atoms with Gasteiger partial charge in [-0.25, -0.2) is 4.98 Å². The fourth-order valence-electron chi connectivity index (χ4n) is 5.65. The van der Waals surface area contributed by atoms with Crippen LogP contribution >= 0.6 is 0 Å². The zero-order valence-corrected chi connectivity index (χ0v) is 15.6. The average Bonchev–Trinajstić information content (AvgIpc) is 3.42. The molecule has 0 radical (unpaired) electrons. The topological polar surface area (TPSA) is 38.1 Å². The number of hydrogen-bond donors (Lipinski definition) is 0. The van der Waals surface area contributed by atoms with Gasteiger partial charge >= 0.3 is 0 Å². The van der Waals surface area contributed by atoms with E-state index in [1.807, 2.05) is 24.3 Å². The van der Waals surface area contributed by atoms with Gasteiger partial charge in [-0.3, -0.25) is 14.3 Å². The fourth-order valence-corrected chi connectivity index (χ4v) is 5.65. The van der Waals surface area contributed by atoms with E-state index in [2.05, 4.69) is 9.47 Å². The molecule has 3 fully saturated rings. The lowest BCUT2D eigenvalue weighted by molar-refractivity contribution is 0.170.